The van der Waals surface area contributed by atoms with Crippen molar-refractivity contribution in [3.8, 4) is 0 Å². The molecule has 3 nitrogen and oxygen atoms in total. The monoisotopic (exact) mass is 256 g/mol. The largest absolute Gasteiger partial charge is 0.385 e. The van der Waals surface area contributed by atoms with E-state index in [-0.39, 0.29) is 0 Å². The number of thioether (sulfide) groups is 2. The van der Waals surface area contributed by atoms with Crippen LogP contribution < -0.4 is 11.5 Å². The Kier molecular flexibility index (Phi) is 9.32. The fourth-order valence-corrected chi connectivity index (χ4v) is 1.81. The van der Waals surface area contributed by atoms with Gasteiger partial charge in [-0.05, 0) is 0 Å². The summed E-state index contributed by atoms with van der Waals surface area (Å²) in [5.41, 5.74) is 10.5. The maximum Gasteiger partial charge on any atom is 0.131 e. The molecule has 0 spiro atoms. The average Bonchev–Trinajstić information content (AvgIpc) is 2.01. The van der Waals surface area contributed by atoms with E-state index in [0.29, 0.717) is 21.9 Å². The first kappa shape index (κ1) is 13.4. The highest BCUT2D eigenvalue weighted by Crippen LogP contribution is 2.01. The highest BCUT2D eigenvalue weighted by Gasteiger charge is 1.93. The number of nitrogens with two attached hydrogens (primary N) is 2. The van der Waals surface area contributed by atoms with Crippen molar-refractivity contribution in [2.75, 3.05) is 24.7 Å². The highest BCUT2D eigenvalue weighted by atomic mass is 32.2. The first-order chi connectivity index (χ1) is 6.13. The van der Waals surface area contributed by atoms with Gasteiger partial charge in [-0.25, -0.2) is 0 Å². The summed E-state index contributed by atoms with van der Waals surface area (Å²) in [6, 6.07) is 0. The summed E-state index contributed by atoms with van der Waals surface area (Å²) in [4.78, 5) is 0. The molecule has 0 unspecified atom stereocenters. The van der Waals surface area contributed by atoms with Crippen LogP contribution in [0.4, 0.5) is 0 Å². The Morgan fingerprint density at radius 1 is 1.00 bits per heavy atom. The molecule has 7 heteroatoms. The van der Waals surface area contributed by atoms with Gasteiger partial charge in [-0.15, -0.1) is 0 Å². The van der Waals surface area contributed by atoms with Gasteiger partial charge in [0.2, 0.25) is 0 Å². The molecule has 76 valence electrons. The number of ether oxygens (including phenoxy) is 1. The Labute approximate surface area is 97.3 Å². The zero-order chi connectivity index (χ0) is 10.1. The molecule has 0 saturated carbocycles. The molecule has 0 aliphatic carbocycles. The van der Waals surface area contributed by atoms with Gasteiger partial charge in [-0.3, -0.25) is 0 Å². The number of thiocarbonyl (C=S) groups is 2. The minimum atomic E-state index is 0.459. The van der Waals surface area contributed by atoms with Crippen LogP contribution in [0.3, 0.4) is 0 Å². The van der Waals surface area contributed by atoms with Crippen molar-refractivity contribution in [1.29, 1.82) is 0 Å². The van der Waals surface area contributed by atoms with E-state index >= 15 is 0 Å². The van der Waals surface area contributed by atoms with Crippen LogP contribution in [0.15, 0.2) is 0 Å². The Balaban J connectivity index is 3.00. The third kappa shape index (κ3) is 12.4. The SMILES string of the molecule is NC(=S)SCCOCCSC(N)=S. The van der Waals surface area contributed by atoms with E-state index in [9.17, 15) is 0 Å². The van der Waals surface area contributed by atoms with Gasteiger partial charge in [0.05, 0.1) is 13.2 Å². The van der Waals surface area contributed by atoms with Crippen molar-refractivity contribution in [2.45, 2.75) is 0 Å². The van der Waals surface area contributed by atoms with Crippen LogP contribution in [-0.2, 0) is 4.74 Å². The predicted molar refractivity (Wildman–Crippen MR) is 69.3 cm³/mol. The molecule has 0 aromatic heterocycles. The lowest BCUT2D eigenvalue weighted by Crippen LogP contribution is -2.09. The molecule has 0 aromatic rings. The van der Waals surface area contributed by atoms with Gasteiger partial charge in [0.15, 0.2) is 0 Å². The molecule has 0 fully saturated rings. The summed E-state index contributed by atoms with van der Waals surface area (Å²) in [5.74, 6) is 1.60. The van der Waals surface area contributed by atoms with Crippen LogP contribution >= 0.6 is 48.0 Å². The van der Waals surface area contributed by atoms with Crippen LogP contribution in [0.25, 0.3) is 0 Å². The van der Waals surface area contributed by atoms with Crippen LogP contribution in [0.1, 0.15) is 0 Å². The highest BCUT2D eigenvalue weighted by molar-refractivity contribution is 8.23. The molecule has 0 aliphatic heterocycles. The fraction of sp³-hybridized carbons (Fsp3) is 0.667. The lowest BCUT2D eigenvalue weighted by molar-refractivity contribution is 0.167. The molecule has 0 aromatic carbocycles. The first-order valence-corrected chi connectivity index (χ1v) is 6.34. The Hall–Kier alpha value is 0.440. The summed E-state index contributed by atoms with van der Waals surface area (Å²) in [5, 5.41) is 0. The molecule has 0 heterocycles. The molecular weight excluding hydrogens is 244 g/mol. The van der Waals surface area contributed by atoms with Gasteiger partial charge in [0.25, 0.3) is 0 Å². The Morgan fingerprint density at radius 3 is 1.69 bits per heavy atom. The molecule has 0 atom stereocenters. The maximum absolute atomic E-state index is 5.27. The van der Waals surface area contributed by atoms with E-state index in [4.69, 9.17) is 16.2 Å². The van der Waals surface area contributed by atoms with Crippen LogP contribution in [0, 0.1) is 0 Å². The van der Waals surface area contributed by atoms with E-state index in [0.717, 1.165) is 11.5 Å². The molecule has 0 rings (SSSR count). The quantitative estimate of drug-likeness (QED) is 0.542. The smallest absolute Gasteiger partial charge is 0.131 e. The Bertz CT molecular complexity index is 158. The molecular formula is C6H12N2OS4. The van der Waals surface area contributed by atoms with Crippen LogP contribution in [-0.4, -0.2) is 33.4 Å². The molecule has 0 saturated heterocycles. The number of hydrogen-bond acceptors (Lipinski definition) is 5. The van der Waals surface area contributed by atoms with Gasteiger partial charge in [0, 0.05) is 11.5 Å². The molecule has 0 radical (unpaired) electrons. The van der Waals surface area contributed by atoms with E-state index < -0.39 is 0 Å². The van der Waals surface area contributed by atoms with Crippen LogP contribution in [0.5, 0.6) is 0 Å². The van der Waals surface area contributed by atoms with Gasteiger partial charge < -0.3 is 16.2 Å². The van der Waals surface area contributed by atoms with E-state index in [1.807, 2.05) is 0 Å². The summed E-state index contributed by atoms with van der Waals surface area (Å²) in [6.45, 7) is 1.31. The number of rotatable bonds is 6. The minimum absolute atomic E-state index is 0.459. The summed E-state index contributed by atoms with van der Waals surface area (Å²) >= 11 is 12.2. The third-order valence-electron chi connectivity index (χ3n) is 0.944. The summed E-state index contributed by atoms with van der Waals surface area (Å²) in [7, 11) is 0. The molecule has 4 N–H and O–H groups in total. The topological polar surface area (TPSA) is 61.3 Å². The lowest BCUT2D eigenvalue weighted by Gasteiger charge is -2.02. The standard InChI is InChI=1S/C6H12N2OS4/c7-5(10)12-3-1-9-2-4-13-6(8)11/h1-4H2,(H2,7,10)(H2,8,11). The average molecular weight is 256 g/mol. The second kappa shape index (κ2) is 9.01. The van der Waals surface area contributed by atoms with Gasteiger partial charge in [-0.1, -0.05) is 48.0 Å². The van der Waals surface area contributed by atoms with E-state index in [1.165, 1.54) is 23.5 Å². The normalized spacial score (nSPS) is 9.85. The van der Waals surface area contributed by atoms with E-state index in [1.54, 1.807) is 0 Å². The summed E-state index contributed by atoms with van der Waals surface area (Å²) in [6.07, 6.45) is 0. The zero-order valence-electron chi connectivity index (χ0n) is 7.02. The van der Waals surface area contributed by atoms with Crippen molar-refractivity contribution in [3.05, 3.63) is 0 Å². The van der Waals surface area contributed by atoms with Gasteiger partial charge in [-0.2, -0.15) is 0 Å². The second-order valence-corrected chi connectivity index (χ2v) is 5.62. The van der Waals surface area contributed by atoms with Crippen molar-refractivity contribution in [1.82, 2.24) is 0 Å². The summed E-state index contributed by atoms with van der Waals surface area (Å²) < 4.78 is 6.18. The van der Waals surface area contributed by atoms with E-state index in [2.05, 4.69) is 24.4 Å². The zero-order valence-corrected chi connectivity index (χ0v) is 10.3. The van der Waals surface area contributed by atoms with Gasteiger partial charge >= 0.3 is 0 Å². The van der Waals surface area contributed by atoms with Crippen LogP contribution in [0.2, 0.25) is 0 Å². The van der Waals surface area contributed by atoms with Crippen molar-refractivity contribution in [3.63, 3.8) is 0 Å². The Morgan fingerprint density at radius 2 is 1.38 bits per heavy atom. The van der Waals surface area contributed by atoms with Crippen molar-refractivity contribution < 1.29 is 4.74 Å². The molecule has 0 aliphatic rings. The predicted octanol–water partition coefficient (Wildman–Crippen LogP) is 0.957. The number of hydrogen-bond donors (Lipinski definition) is 2. The van der Waals surface area contributed by atoms with Gasteiger partial charge in [0.1, 0.15) is 8.64 Å². The first-order valence-electron chi connectivity index (χ1n) is 3.55. The second-order valence-electron chi connectivity index (χ2n) is 1.95. The lowest BCUT2D eigenvalue weighted by atomic mass is 10.8. The molecule has 13 heavy (non-hydrogen) atoms. The van der Waals surface area contributed by atoms with Crippen molar-refractivity contribution >= 4 is 56.6 Å². The maximum atomic E-state index is 5.27. The third-order valence-corrected chi connectivity index (χ3v) is 2.96. The molecule has 0 amide bonds. The van der Waals surface area contributed by atoms with Crippen molar-refractivity contribution in [2.24, 2.45) is 11.5 Å². The molecule has 0 bridgehead atoms. The minimum Gasteiger partial charge on any atom is -0.385 e. The fourth-order valence-electron chi connectivity index (χ4n) is 0.504.